The Kier molecular flexibility index (Phi) is 5.05. The highest BCUT2D eigenvalue weighted by Crippen LogP contribution is 2.37. The van der Waals surface area contributed by atoms with Gasteiger partial charge >= 0.3 is 0 Å². The second-order valence-electron chi connectivity index (χ2n) is 6.64. The third-order valence-corrected chi connectivity index (χ3v) is 5.61. The van der Waals surface area contributed by atoms with E-state index < -0.39 is 15.9 Å². The quantitative estimate of drug-likeness (QED) is 0.818. The van der Waals surface area contributed by atoms with Crippen molar-refractivity contribution >= 4 is 9.84 Å². The lowest BCUT2D eigenvalue weighted by Gasteiger charge is -2.22. The van der Waals surface area contributed by atoms with Crippen LogP contribution in [0.1, 0.15) is 55.9 Å². The molecule has 1 fully saturated rings. The standard InChI is InChI=1S/C16H24N4O3S/c1-24(21,22)11-8-13(17)16-18-15(19-23-16)14(12-6-2-3-7-12)20-9-4-5-10-20/h4-5,9-10,12-14H,2-3,6-8,11,17H2,1H3/t13-,14-/m1/s1. The Morgan fingerprint density at radius 1 is 1.33 bits per heavy atom. The maximum Gasteiger partial charge on any atom is 0.243 e. The fourth-order valence-corrected chi connectivity index (χ4v) is 4.06. The van der Waals surface area contributed by atoms with Gasteiger partial charge in [-0.15, -0.1) is 0 Å². The van der Waals surface area contributed by atoms with Crippen LogP contribution in [0.4, 0.5) is 0 Å². The Labute approximate surface area is 142 Å². The van der Waals surface area contributed by atoms with Gasteiger partial charge < -0.3 is 14.8 Å². The lowest BCUT2D eigenvalue weighted by molar-refractivity contribution is 0.325. The second-order valence-corrected chi connectivity index (χ2v) is 8.90. The first-order valence-electron chi connectivity index (χ1n) is 8.33. The van der Waals surface area contributed by atoms with Crippen LogP contribution in [0.2, 0.25) is 0 Å². The molecule has 0 spiro atoms. The number of hydrogen-bond acceptors (Lipinski definition) is 6. The molecule has 2 N–H and O–H groups in total. The van der Waals surface area contributed by atoms with Crippen LogP contribution in [0.3, 0.4) is 0 Å². The van der Waals surface area contributed by atoms with Gasteiger partial charge in [0.05, 0.1) is 17.8 Å². The van der Waals surface area contributed by atoms with Crippen LogP contribution in [-0.2, 0) is 9.84 Å². The Morgan fingerprint density at radius 2 is 2.00 bits per heavy atom. The number of sulfone groups is 1. The maximum atomic E-state index is 11.3. The van der Waals surface area contributed by atoms with Gasteiger partial charge in [-0.1, -0.05) is 18.0 Å². The molecule has 24 heavy (non-hydrogen) atoms. The monoisotopic (exact) mass is 352 g/mol. The van der Waals surface area contributed by atoms with E-state index in [1.165, 1.54) is 19.1 Å². The molecule has 2 aromatic rings. The summed E-state index contributed by atoms with van der Waals surface area (Å²) < 4.78 is 30.0. The molecule has 1 aliphatic rings. The van der Waals surface area contributed by atoms with Crippen molar-refractivity contribution in [2.24, 2.45) is 11.7 Å². The Balaban J connectivity index is 1.78. The van der Waals surface area contributed by atoms with Crippen LogP contribution < -0.4 is 5.73 Å². The molecule has 0 radical (unpaired) electrons. The summed E-state index contributed by atoms with van der Waals surface area (Å²) in [6.45, 7) is 0. The van der Waals surface area contributed by atoms with Crippen LogP contribution in [0.15, 0.2) is 29.0 Å². The molecule has 2 aromatic heterocycles. The van der Waals surface area contributed by atoms with Crippen molar-refractivity contribution in [3.8, 4) is 0 Å². The number of rotatable bonds is 7. The molecule has 0 aromatic carbocycles. The molecule has 2 atom stereocenters. The molecular formula is C16H24N4O3S. The smallest absolute Gasteiger partial charge is 0.243 e. The van der Waals surface area contributed by atoms with Crippen molar-refractivity contribution in [2.75, 3.05) is 12.0 Å². The lowest BCUT2D eigenvalue weighted by atomic mass is 9.97. The Bertz CT molecular complexity index is 748. The zero-order valence-corrected chi connectivity index (χ0v) is 14.7. The van der Waals surface area contributed by atoms with E-state index in [2.05, 4.69) is 14.7 Å². The molecule has 0 amide bonds. The fourth-order valence-electron chi connectivity index (χ4n) is 3.38. The Hall–Kier alpha value is -1.67. The van der Waals surface area contributed by atoms with Crippen LogP contribution in [0.25, 0.3) is 0 Å². The van der Waals surface area contributed by atoms with Gasteiger partial charge in [-0.25, -0.2) is 8.42 Å². The summed E-state index contributed by atoms with van der Waals surface area (Å²) in [5, 5.41) is 4.15. The first-order valence-corrected chi connectivity index (χ1v) is 10.4. The highest BCUT2D eigenvalue weighted by molar-refractivity contribution is 7.90. The third kappa shape index (κ3) is 4.05. The predicted molar refractivity (Wildman–Crippen MR) is 90.1 cm³/mol. The number of nitrogens with two attached hydrogens (primary N) is 1. The molecule has 3 rings (SSSR count). The highest BCUT2D eigenvalue weighted by Gasteiger charge is 2.31. The van der Waals surface area contributed by atoms with Gasteiger partial charge in [0, 0.05) is 18.6 Å². The van der Waals surface area contributed by atoms with Crippen LogP contribution in [0, 0.1) is 5.92 Å². The van der Waals surface area contributed by atoms with Gasteiger partial charge in [0.15, 0.2) is 5.82 Å². The minimum absolute atomic E-state index is 0.00946. The predicted octanol–water partition coefficient (Wildman–Crippen LogP) is 2.09. The van der Waals surface area contributed by atoms with Crippen molar-refractivity contribution in [3.05, 3.63) is 36.2 Å². The summed E-state index contributed by atoms with van der Waals surface area (Å²) in [7, 11) is -3.06. The fraction of sp³-hybridized carbons (Fsp3) is 0.625. The molecule has 0 bridgehead atoms. The van der Waals surface area contributed by atoms with Gasteiger partial charge in [0.2, 0.25) is 5.89 Å². The Morgan fingerprint density at radius 3 is 2.62 bits per heavy atom. The molecule has 1 saturated carbocycles. The summed E-state index contributed by atoms with van der Waals surface area (Å²) in [6, 6.07) is 3.46. The van der Waals surface area contributed by atoms with Gasteiger partial charge in [-0.2, -0.15) is 4.98 Å². The second kappa shape index (κ2) is 7.06. The zero-order chi connectivity index (χ0) is 17.2. The van der Waals surface area contributed by atoms with E-state index in [1.54, 1.807) is 0 Å². The summed E-state index contributed by atoms with van der Waals surface area (Å²) in [5.41, 5.74) is 6.02. The summed E-state index contributed by atoms with van der Waals surface area (Å²) in [6.07, 6.45) is 10.2. The number of aromatic nitrogens is 3. The molecule has 0 unspecified atom stereocenters. The molecular weight excluding hydrogens is 328 g/mol. The molecule has 8 heteroatoms. The van der Waals surface area contributed by atoms with Crippen LogP contribution >= 0.6 is 0 Å². The zero-order valence-electron chi connectivity index (χ0n) is 13.8. The van der Waals surface area contributed by atoms with Gasteiger partial charge in [-0.3, -0.25) is 0 Å². The summed E-state index contributed by atoms with van der Waals surface area (Å²) in [4.78, 5) is 4.49. The largest absolute Gasteiger partial charge is 0.343 e. The van der Waals surface area contributed by atoms with E-state index >= 15 is 0 Å². The molecule has 7 nitrogen and oxygen atoms in total. The van der Waals surface area contributed by atoms with E-state index in [4.69, 9.17) is 10.3 Å². The van der Waals surface area contributed by atoms with Gasteiger partial charge in [-0.05, 0) is 37.3 Å². The molecule has 0 aliphatic heterocycles. The first kappa shape index (κ1) is 17.2. The highest BCUT2D eigenvalue weighted by atomic mass is 32.2. The van der Waals surface area contributed by atoms with Gasteiger partial charge in [0.1, 0.15) is 9.84 Å². The van der Waals surface area contributed by atoms with Crippen molar-refractivity contribution in [3.63, 3.8) is 0 Å². The lowest BCUT2D eigenvalue weighted by Crippen LogP contribution is -2.20. The number of nitrogens with zero attached hydrogens (tertiary/aromatic N) is 3. The average Bonchev–Trinajstić information content (AvgIpc) is 3.27. The minimum atomic E-state index is -3.06. The van der Waals surface area contributed by atoms with Crippen molar-refractivity contribution in [2.45, 2.75) is 44.2 Å². The topological polar surface area (TPSA) is 104 Å². The van der Waals surface area contributed by atoms with E-state index in [-0.39, 0.29) is 18.2 Å². The van der Waals surface area contributed by atoms with Crippen LogP contribution in [0.5, 0.6) is 0 Å². The molecule has 2 heterocycles. The SMILES string of the molecule is CS(=O)(=O)CC[C@@H](N)c1nc([C@@H](C2CCCC2)n2cccc2)no1. The summed E-state index contributed by atoms with van der Waals surface area (Å²) in [5.74, 6) is 1.43. The average molecular weight is 352 g/mol. The molecule has 1 aliphatic carbocycles. The van der Waals surface area contributed by atoms with Crippen LogP contribution in [-0.4, -0.2) is 35.1 Å². The number of hydrogen-bond donors (Lipinski definition) is 1. The molecule has 132 valence electrons. The van der Waals surface area contributed by atoms with E-state index in [0.29, 0.717) is 17.6 Å². The van der Waals surface area contributed by atoms with Crippen molar-refractivity contribution in [1.82, 2.24) is 14.7 Å². The normalized spacial score (nSPS) is 18.8. The summed E-state index contributed by atoms with van der Waals surface area (Å²) >= 11 is 0. The van der Waals surface area contributed by atoms with Crippen molar-refractivity contribution in [1.29, 1.82) is 0 Å². The van der Waals surface area contributed by atoms with Crippen molar-refractivity contribution < 1.29 is 12.9 Å². The van der Waals surface area contributed by atoms with E-state index in [9.17, 15) is 8.42 Å². The van der Waals surface area contributed by atoms with E-state index in [0.717, 1.165) is 12.8 Å². The van der Waals surface area contributed by atoms with Gasteiger partial charge in [0.25, 0.3) is 0 Å². The maximum absolute atomic E-state index is 11.3. The third-order valence-electron chi connectivity index (χ3n) is 4.63. The molecule has 0 saturated heterocycles. The minimum Gasteiger partial charge on any atom is -0.343 e. The van der Waals surface area contributed by atoms with E-state index in [1.807, 2.05) is 24.5 Å². The first-order chi connectivity index (χ1) is 11.4.